The second-order valence-corrected chi connectivity index (χ2v) is 28.9. The van der Waals surface area contributed by atoms with Crippen LogP contribution < -0.4 is 57.9 Å². The SMILES string of the molecule is C.C.C.C.C.C.C.C.C.C.CC1(C)CCCNC1.CC1(C)CCCNC1.CC1CCCNC1.CC1CCNCC1.CC1CNCC(C)C1.COc1ccc2c(c1)CCNC2.Cc1ccc2c(c1)CCNC2.c1ccc2c(c1)CCCN2.c1ccc2c(c1)CCN2.c1ccc2c(c1)CCNC2. The number of anilines is 2. The van der Waals surface area contributed by atoms with Crippen LogP contribution in [0.3, 0.4) is 0 Å². The molecule has 5 saturated heterocycles. The maximum absolute atomic E-state index is 5.16. The van der Waals surface area contributed by atoms with Crippen LogP contribution in [-0.2, 0) is 51.7 Å². The molecular formula is C89H168N10O. The number of hydrogen-bond acceptors (Lipinski definition) is 11. The van der Waals surface area contributed by atoms with Crippen LogP contribution in [0, 0.1) is 41.4 Å². The molecule has 0 spiro atoms. The zero-order chi connectivity index (χ0) is 64.1. The van der Waals surface area contributed by atoms with Crippen LogP contribution in [-0.4, -0.2) is 105 Å². The maximum atomic E-state index is 5.16. The van der Waals surface area contributed by atoms with Crippen molar-refractivity contribution < 1.29 is 4.74 Å². The summed E-state index contributed by atoms with van der Waals surface area (Å²) in [6.07, 6.45) is 19.7. The first kappa shape index (κ1) is 104. The Kier molecular flexibility index (Phi) is 61.8. The second kappa shape index (κ2) is 59.6. The topological polar surface area (TPSA) is 130 Å². The summed E-state index contributed by atoms with van der Waals surface area (Å²) < 4.78 is 5.16. The van der Waals surface area contributed by atoms with E-state index in [0.29, 0.717) is 10.8 Å². The first-order valence-electron chi connectivity index (χ1n) is 35.8. The number of methoxy groups -OCH3 is 1. The third-order valence-electron chi connectivity index (χ3n) is 18.8. The van der Waals surface area contributed by atoms with Crippen molar-refractivity contribution >= 4 is 11.4 Å². The Labute approximate surface area is 623 Å². The first-order valence-corrected chi connectivity index (χ1v) is 35.8. The summed E-state index contributed by atoms with van der Waals surface area (Å²) in [5.74, 6) is 4.67. The highest BCUT2D eigenvalue weighted by Gasteiger charge is 2.21. The van der Waals surface area contributed by atoms with Gasteiger partial charge in [0.15, 0.2) is 0 Å². The van der Waals surface area contributed by atoms with E-state index in [9.17, 15) is 0 Å². The molecule has 5 aromatic rings. The fraction of sp³-hybridized carbons (Fsp3) is 0.663. The molecule has 5 aromatic carbocycles. The lowest BCUT2D eigenvalue weighted by atomic mass is 9.85. The van der Waals surface area contributed by atoms with E-state index in [0.717, 1.165) is 88.2 Å². The van der Waals surface area contributed by atoms with Gasteiger partial charge in [0.05, 0.1) is 7.11 Å². The quantitative estimate of drug-likeness (QED) is 0.0788. The lowest BCUT2D eigenvalue weighted by molar-refractivity contribution is 0.265. The van der Waals surface area contributed by atoms with Gasteiger partial charge in [-0.05, 0) is 279 Å². The van der Waals surface area contributed by atoms with E-state index < -0.39 is 0 Å². The molecule has 11 heteroatoms. The fourth-order valence-corrected chi connectivity index (χ4v) is 13.1. The standard InChI is InChI=1S/C10H13NO.C10H13N.2C9H11N.C8H9N.3C7H15N.2C6H13N.10CH4/c1-12-10-3-2-9-7-11-5-4-8(9)6-10;1-8-2-3-10-7-11-5-4-9(10)6-8;1-2-6-9-8(4-1)5-3-7-10-9;1-2-4-9-7-10-6-5-8(9)3-1;1-2-4-8-7(3-1)5-6-9-8;1-6-3-7(2)5-8-4-6;2*1-7(2)4-3-5-8-6-7;1-6-2-4-7-5-3-6;1-6-3-2-4-7-5-6;;;;;;;;;;/h2-3,6,11H,4-5,7H2,1H3;2-3,6,11H,4-5,7H2,1H3;1-2,4,6,10H,3,5,7H2;1-4,10H,5-7H2;1-4,9H,5-6H2;6-8H,3-5H2,1-2H3;2*8H,3-6H2,1-2H3;2*6-7H,2-5H2,1H3;10*1H4. The summed E-state index contributed by atoms with van der Waals surface area (Å²) in [5.41, 5.74) is 16.9. The first-order chi connectivity index (χ1) is 43.6. The second-order valence-electron chi connectivity index (χ2n) is 28.9. The molecule has 0 saturated carbocycles. The number of nitrogens with one attached hydrogen (secondary N) is 10. The molecule has 3 atom stereocenters. The minimum Gasteiger partial charge on any atom is -0.497 e. The zero-order valence-corrected chi connectivity index (χ0v) is 58.4. The van der Waals surface area contributed by atoms with Crippen molar-refractivity contribution in [3.8, 4) is 5.75 Å². The molecule has 10 aliphatic rings. The van der Waals surface area contributed by atoms with Gasteiger partial charge < -0.3 is 57.9 Å². The van der Waals surface area contributed by atoms with Crippen LogP contribution in [0.2, 0.25) is 0 Å². The van der Waals surface area contributed by atoms with Gasteiger partial charge in [0, 0.05) is 57.2 Å². The summed E-state index contributed by atoms with van der Waals surface area (Å²) >= 11 is 0. The monoisotopic (exact) mass is 1390 g/mol. The number of piperidine rings is 5. The number of para-hydroxylation sites is 2. The van der Waals surface area contributed by atoms with Gasteiger partial charge in [-0.1, -0.05) is 220 Å². The summed E-state index contributed by atoms with van der Waals surface area (Å²) in [6.45, 7) is 41.6. The van der Waals surface area contributed by atoms with Gasteiger partial charge in [0.1, 0.15) is 5.75 Å². The Morgan fingerprint density at radius 3 is 1.17 bits per heavy atom. The molecule has 11 nitrogen and oxygen atoms in total. The number of fused-ring (bicyclic) bond motifs is 5. The number of benzene rings is 5. The number of rotatable bonds is 1. The number of hydrogen-bond donors (Lipinski definition) is 10. The van der Waals surface area contributed by atoms with E-state index in [2.05, 4.69) is 219 Å². The van der Waals surface area contributed by atoms with Gasteiger partial charge in [-0.15, -0.1) is 0 Å². The van der Waals surface area contributed by atoms with Crippen molar-refractivity contribution in [3.63, 3.8) is 0 Å². The van der Waals surface area contributed by atoms with Crippen LogP contribution in [0.4, 0.5) is 11.4 Å². The Hall–Kier alpha value is -4.82. The molecule has 10 N–H and O–H groups in total. The molecule has 580 valence electrons. The van der Waals surface area contributed by atoms with Crippen molar-refractivity contribution in [2.24, 2.45) is 34.5 Å². The van der Waals surface area contributed by atoms with Crippen molar-refractivity contribution in [1.82, 2.24) is 42.5 Å². The van der Waals surface area contributed by atoms with Crippen LogP contribution in [0.5, 0.6) is 5.75 Å². The molecule has 10 heterocycles. The van der Waals surface area contributed by atoms with E-state index in [4.69, 9.17) is 4.74 Å². The van der Waals surface area contributed by atoms with Gasteiger partial charge in [-0.25, -0.2) is 0 Å². The molecule has 10 aliphatic heterocycles. The van der Waals surface area contributed by atoms with Gasteiger partial charge in [-0.3, -0.25) is 0 Å². The smallest absolute Gasteiger partial charge is 0.119 e. The fourth-order valence-electron chi connectivity index (χ4n) is 13.1. The van der Waals surface area contributed by atoms with E-state index in [-0.39, 0.29) is 74.3 Å². The molecule has 15 rings (SSSR count). The molecule has 0 aliphatic carbocycles. The van der Waals surface area contributed by atoms with E-state index in [1.54, 1.807) is 7.11 Å². The predicted octanol–water partition coefficient (Wildman–Crippen LogP) is 20.4. The van der Waals surface area contributed by atoms with Gasteiger partial charge >= 0.3 is 0 Å². The summed E-state index contributed by atoms with van der Waals surface area (Å²) in [7, 11) is 1.71. The van der Waals surface area contributed by atoms with Crippen LogP contribution in [0.1, 0.15) is 244 Å². The predicted molar refractivity (Wildman–Crippen MR) is 456 cm³/mol. The molecule has 3 unspecified atom stereocenters. The van der Waals surface area contributed by atoms with Crippen LogP contribution >= 0.6 is 0 Å². The van der Waals surface area contributed by atoms with Crippen molar-refractivity contribution in [2.45, 2.75) is 253 Å². The highest BCUT2D eigenvalue weighted by molar-refractivity contribution is 5.55. The molecule has 0 aromatic heterocycles. The molecule has 100 heavy (non-hydrogen) atoms. The van der Waals surface area contributed by atoms with E-state index >= 15 is 0 Å². The van der Waals surface area contributed by atoms with Crippen molar-refractivity contribution in [3.05, 3.63) is 159 Å². The molecular weight excluding hydrogens is 1230 g/mol. The highest BCUT2D eigenvalue weighted by atomic mass is 16.5. The third kappa shape index (κ3) is 42.7. The maximum Gasteiger partial charge on any atom is 0.119 e. The third-order valence-corrected chi connectivity index (χ3v) is 18.8. The number of ether oxygens (including phenoxy) is 1. The van der Waals surface area contributed by atoms with Crippen LogP contribution in [0.15, 0.2) is 109 Å². The van der Waals surface area contributed by atoms with Gasteiger partial charge in [0.25, 0.3) is 0 Å². The largest absolute Gasteiger partial charge is 0.497 e. The minimum absolute atomic E-state index is 0. The minimum atomic E-state index is 0. The van der Waals surface area contributed by atoms with Crippen molar-refractivity contribution in [1.29, 1.82) is 0 Å². The van der Waals surface area contributed by atoms with E-state index in [1.165, 1.54) is 217 Å². The summed E-state index contributed by atoms with van der Waals surface area (Å²) in [6, 6.07) is 38.6. The van der Waals surface area contributed by atoms with Gasteiger partial charge in [-0.2, -0.15) is 0 Å². The Morgan fingerprint density at radius 1 is 0.340 bits per heavy atom. The summed E-state index contributed by atoms with van der Waals surface area (Å²) in [4.78, 5) is 0. The lowest BCUT2D eigenvalue weighted by Gasteiger charge is -2.29. The average Bonchev–Trinajstić information content (AvgIpc) is 1.06. The van der Waals surface area contributed by atoms with E-state index in [1.807, 2.05) is 6.07 Å². The summed E-state index contributed by atoms with van der Waals surface area (Å²) in [5, 5.41) is 33.5. The zero-order valence-electron chi connectivity index (χ0n) is 58.4. The Morgan fingerprint density at radius 2 is 0.770 bits per heavy atom. The lowest BCUT2D eigenvalue weighted by Crippen LogP contribution is -2.35. The Balaban J connectivity index is -0.000000332. The molecule has 0 amide bonds. The van der Waals surface area contributed by atoms with Crippen LogP contribution in [0.25, 0.3) is 0 Å². The molecule has 0 radical (unpaired) electrons. The molecule has 0 bridgehead atoms. The number of aryl methyl sites for hydroxylation is 2. The highest BCUT2D eigenvalue weighted by Crippen LogP contribution is 2.26. The average molecular weight is 1390 g/mol. The normalized spacial score (nSPS) is 19.8. The molecule has 5 fully saturated rings. The van der Waals surface area contributed by atoms with Gasteiger partial charge in [0.2, 0.25) is 0 Å². The van der Waals surface area contributed by atoms with Crippen molar-refractivity contribution in [2.75, 3.05) is 116 Å². The Bertz CT molecular complexity index is 2510.